The predicted molar refractivity (Wildman–Crippen MR) is 114 cm³/mol. The number of amides is 1. The molecular weight excluding hydrogens is 403 g/mol. The standard InChI is InChI=1S/C23H20ClFN4O/c1-14-20(11-17-4-3-5-18(24)10-17)15(2)29-22(28-14)21(13-27-29)23(30)26-12-16-6-8-19(25)9-7-16/h3-10,13H,11-12H2,1-2H3,(H,26,30). The van der Waals surface area contributed by atoms with Gasteiger partial charge < -0.3 is 5.32 Å². The maximum Gasteiger partial charge on any atom is 0.257 e. The van der Waals surface area contributed by atoms with Crippen molar-refractivity contribution in [3.05, 3.63) is 99.2 Å². The largest absolute Gasteiger partial charge is 0.348 e. The molecule has 0 unspecified atom stereocenters. The second-order valence-electron chi connectivity index (χ2n) is 7.17. The number of fused-ring (bicyclic) bond motifs is 1. The number of halogens is 2. The zero-order valence-electron chi connectivity index (χ0n) is 16.6. The van der Waals surface area contributed by atoms with E-state index in [9.17, 15) is 9.18 Å². The molecule has 0 radical (unpaired) electrons. The van der Waals surface area contributed by atoms with E-state index in [1.54, 1.807) is 16.6 Å². The maximum absolute atomic E-state index is 13.0. The van der Waals surface area contributed by atoms with E-state index in [-0.39, 0.29) is 11.7 Å². The van der Waals surface area contributed by atoms with Crippen LogP contribution in [0.1, 0.15) is 38.4 Å². The summed E-state index contributed by atoms with van der Waals surface area (Å²) in [5, 5.41) is 7.92. The molecule has 1 N–H and O–H groups in total. The molecule has 152 valence electrons. The summed E-state index contributed by atoms with van der Waals surface area (Å²) in [6, 6.07) is 13.7. The van der Waals surface area contributed by atoms with Crippen LogP contribution in [0.5, 0.6) is 0 Å². The molecule has 0 saturated carbocycles. The number of carbonyl (C=O) groups excluding carboxylic acids is 1. The number of nitrogens with zero attached hydrogens (tertiary/aromatic N) is 3. The second-order valence-corrected chi connectivity index (χ2v) is 7.61. The summed E-state index contributed by atoms with van der Waals surface area (Å²) < 4.78 is 14.7. The number of benzene rings is 2. The van der Waals surface area contributed by atoms with Gasteiger partial charge in [0.1, 0.15) is 11.4 Å². The lowest BCUT2D eigenvalue weighted by molar-refractivity contribution is 0.0952. The van der Waals surface area contributed by atoms with Gasteiger partial charge in [0, 0.05) is 29.4 Å². The number of hydrogen-bond acceptors (Lipinski definition) is 3. The average Bonchev–Trinajstić information content (AvgIpc) is 3.14. The predicted octanol–water partition coefficient (Wildman–Crippen LogP) is 4.66. The average molecular weight is 423 g/mol. The van der Waals surface area contributed by atoms with Crippen LogP contribution in [0.4, 0.5) is 4.39 Å². The Labute approximate surface area is 178 Å². The lowest BCUT2D eigenvalue weighted by Crippen LogP contribution is -2.23. The van der Waals surface area contributed by atoms with Gasteiger partial charge >= 0.3 is 0 Å². The Balaban J connectivity index is 1.60. The van der Waals surface area contributed by atoms with Gasteiger partial charge in [-0.3, -0.25) is 4.79 Å². The molecule has 4 rings (SSSR count). The molecule has 0 bridgehead atoms. The number of aromatic nitrogens is 3. The summed E-state index contributed by atoms with van der Waals surface area (Å²) in [6.07, 6.45) is 2.20. The van der Waals surface area contributed by atoms with E-state index >= 15 is 0 Å². The van der Waals surface area contributed by atoms with Gasteiger partial charge in [0.2, 0.25) is 0 Å². The smallest absolute Gasteiger partial charge is 0.257 e. The van der Waals surface area contributed by atoms with Crippen molar-refractivity contribution in [3.8, 4) is 0 Å². The first-order valence-corrected chi connectivity index (χ1v) is 9.91. The molecular formula is C23H20ClFN4O. The van der Waals surface area contributed by atoms with E-state index < -0.39 is 0 Å². The van der Waals surface area contributed by atoms with Gasteiger partial charge in [-0.1, -0.05) is 35.9 Å². The van der Waals surface area contributed by atoms with Crippen molar-refractivity contribution in [2.75, 3.05) is 0 Å². The lowest BCUT2D eigenvalue weighted by atomic mass is 10.0. The Morgan fingerprint density at radius 3 is 2.63 bits per heavy atom. The van der Waals surface area contributed by atoms with E-state index in [2.05, 4.69) is 15.4 Å². The fourth-order valence-corrected chi connectivity index (χ4v) is 3.67. The molecule has 0 spiro atoms. The van der Waals surface area contributed by atoms with E-state index in [4.69, 9.17) is 11.6 Å². The topological polar surface area (TPSA) is 59.3 Å². The van der Waals surface area contributed by atoms with Crippen LogP contribution >= 0.6 is 11.6 Å². The Morgan fingerprint density at radius 2 is 1.90 bits per heavy atom. The van der Waals surface area contributed by atoms with E-state index in [1.807, 2.05) is 38.1 Å². The summed E-state index contributed by atoms with van der Waals surface area (Å²) in [5.74, 6) is -0.584. The van der Waals surface area contributed by atoms with Crippen LogP contribution in [0, 0.1) is 19.7 Å². The zero-order valence-corrected chi connectivity index (χ0v) is 17.4. The Kier molecular flexibility index (Phi) is 5.50. The molecule has 0 atom stereocenters. The third kappa shape index (κ3) is 4.04. The van der Waals surface area contributed by atoms with Gasteiger partial charge in [0.05, 0.1) is 6.20 Å². The molecule has 2 heterocycles. The number of aryl methyl sites for hydroxylation is 2. The fraction of sp³-hybridized carbons (Fsp3) is 0.174. The van der Waals surface area contributed by atoms with Crippen LogP contribution in [0.2, 0.25) is 5.02 Å². The van der Waals surface area contributed by atoms with E-state index in [1.165, 1.54) is 18.3 Å². The van der Waals surface area contributed by atoms with Crippen LogP contribution in [0.25, 0.3) is 5.65 Å². The highest BCUT2D eigenvalue weighted by atomic mass is 35.5. The third-order valence-corrected chi connectivity index (χ3v) is 5.32. The van der Waals surface area contributed by atoms with E-state index in [0.717, 1.165) is 28.1 Å². The van der Waals surface area contributed by atoms with E-state index in [0.29, 0.717) is 29.2 Å². The molecule has 0 aliphatic carbocycles. The van der Waals surface area contributed by atoms with Gasteiger partial charge in [-0.15, -0.1) is 0 Å². The summed E-state index contributed by atoms with van der Waals surface area (Å²) in [4.78, 5) is 17.4. The first-order valence-electron chi connectivity index (χ1n) is 9.53. The third-order valence-electron chi connectivity index (χ3n) is 5.09. The molecule has 2 aromatic heterocycles. The van der Waals surface area contributed by atoms with Crippen LogP contribution < -0.4 is 5.32 Å². The van der Waals surface area contributed by atoms with Gasteiger partial charge in [-0.25, -0.2) is 13.9 Å². The molecule has 4 aromatic rings. The summed E-state index contributed by atoms with van der Waals surface area (Å²) in [5.41, 5.74) is 5.62. The molecule has 1 amide bonds. The summed E-state index contributed by atoms with van der Waals surface area (Å²) >= 11 is 6.11. The molecule has 0 aliphatic heterocycles. The first-order chi connectivity index (χ1) is 14.4. The monoisotopic (exact) mass is 422 g/mol. The number of carbonyl (C=O) groups is 1. The van der Waals surface area contributed by atoms with Gasteiger partial charge in [0.25, 0.3) is 5.91 Å². The number of hydrogen-bond donors (Lipinski definition) is 1. The molecule has 7 heteroatoms. The molecule has 5 nitrogen and oxygen atoms in total. The Morgan fingerprint density at radius 1 is 1.13 bits per heavy atom. The van der Waals surface area contributed by atoms with Crippen molar-refractivity contribution in [2.45, 2.75) is 26.8 Å². The van der Waals surface area contributed by atoms with Crippen molar-refractivity contribution < 1.29 is 9.18 Å². The first kappa shape index (κ1) is 20.0. The number of nitrogens with one attached hydrogen (secondary N) is 1. The molecule has 30 heavy (non-hydrogen) atoms. The molecule has 0 fully saturated rings. The number of rotatable bonds is 5. The van der Waals surface area contributed by atoms with Crippen molar-refractivity contribution in [3.63, 3.8) is 0 Å². The van der Waals surface area contributed by atoms with Crippen molar-refractivity contribution >= 4 is 23.2 Å². The highest BCUT2D eigenvalue weighted by Crippen LogP contribution is 2.21. The van der Waals surface area contributed by atoms with Gasteiger partial charge in [-0.05, 0) is 54.8 Å². The van der Waals surface area contributed by atoms with Crippen LogP contribution in [0.3, 0.4) is 0 Å². The molecule has 0 aliphatic rings. The minimum absolute atomic E-state index is 0.275. The minimum atomic E-state index is -0.309. The van der Waals surface area contributed by atoms with Crippen LogP contribution in [-0.2, 0) is 13.0 Å². The fourth-order valence-electron chi connectivity index (χ4n) is 3.46. The summed E-state index contributed by atoms with van der Waals surface area (Å²) in [7, 11) is 0. The van der Waals surface area contributed by atoms with Crippen molar-refractivity contribution in [1.82, 2.24) is 19.9 Å². The zero-order chi connectivity index (χ0) is 21.3. The highest BCUT2D eigenvalue weighted by molar-refractivity contribution is 6.30. The maximum atomic E-state index is 13.0. The normalized spacial score (nSPS) is 11.1. The van der Waals surface area contributed by atoms with Gasteiger partial charge in [-0.2, -0.15) is 5.10 Å². The summed E-state index contributed by atoms with van der Waals surface area (Å²) in [6.45, 7) is 4.19. The highest BCUT2D eigenvalue weighted by Gasteiger charge is 2.18. The lowest BCUT2D eigenvalue weighted by Gasteiger charge is -2.12. The van der Waals surface area contributed by atoms with Crippen molar-refractivity contribution in [2.24, 2.45) is 0 Å². The minimum Gasteiger partial charge on any atom is -0.348 e. The van der Waals surface area contributed by atoms with Crippen molar-refractivity contribution in [1.29, 1.82) is 0 Å². The Bertz CT molecular complexity index is 1230. The van der Waals surface area contributed by atoms with Crippen LogP contribution in [0.15, 0.2) is 54.7 Å². The quantitative estimate of drug-likeness (QED) is 0.509. The second kappa shape index (κ2) is 8.24. The SMILES string of the molecule is Cc1nc2c(C(=O)NCc3ccc(F)cc3)cnn2c(C)c1Cc1cccc(Cl)c1. The van der Waals surface area contributed by atoms with Crippen LogP contribution in [-0.4, -0.2) is 20.5 Å². The van der Waals surface area contributed by atoms with Gasteiger partial charge in [0.15, 0.2) is 5.65 Å². The molecule has 0 saturated heterocycles. The Hall–Kier alpha value is -3.25. The molecule has 2 aromatic carbocycles.